The number of ether oxygens (including phenoxy) is 2. The second-order valence-corrected chi connectivity index (χ2v) is 11.5. The number of aliphatic hydroxyl groups is 1. The molecule has 3 N–H and O–H groups in total. The topological polar surface area (TPSA) is 134 Å². The number of rotatable bonds is 9. The van der Waals surface area contributed by atoms with Crippen LogP contribution in [-0.4, -0.2) is 83.3 Å². The van der Waals surface area contributed by atoms with E-state index in [0.717, 1.165) is 5.56 Å². The van der Waals surface area contributed by atoms with Crippen molar-refractivity contribution in [1.82, 2.24) is 10.2 Å². The number of benzene rings is 2. The van der Waals surface area contributed by atoms with Crippen LogP contribution < -0.4 is 10.6 Å². The fourth-order valence-electron chi connectivity index (χ4n) is 4.35. The molecule has 1 aliphatic heterocycles. The van der Waals surface area contributed by atoms with Crippen LogP contribution in [0.5, 0.6) is 0 Å². The number of hydrogen-bond donors (Lipinski definition) is 3. The Bertz CT molecular complexity index is 1220. The highest BCUT2D eigenvalue weighted by molar-refractivity contribution is 7.98. The zero-order chi connectivity index (χ0) is 29.4. The van der Waals surface area contributed by atoms with E-state index in [2.05, 4.69) is 10.6 Å². The molecule has 1 heterocycles. The van der Waals surface area contributed by atoms with E-state index in [-0.39, 0.29) is 13.0 Å². The summed E-state index contributed by atoms with van der Waals surface area (Å²) in [5.74, 6) is -0.808. The maximum absolute atomic E-state index is 13.3. The van der Waals surface area contributed by atoms with Gasteiger partial charge in [-0.2, -0.15) is 11.8 Å². The third-order valence-corrected chi connectivity index (χ3v) is 6.87. The van der Waals surface area contributed by atoms with E-state index < -0.39 is 47.7 Å². The van der Waals surface area contributed by atoms with E-state index in [4.69, 9.17) is 9.47 Å². The van der Waals surface area contributed by atoms with Crippen molar-refractivity contribution in [2.75, 3.05) is 31.0 Å². The molecule has 11 heteroatoms. The lowest BCUT2D eigenvalue weighted by molar-refractivity contribution is -0.142. The van der Waals surface area contributed by atoms with Gasteiger partial charge in [0.05, 0.1) is 19.8 Å². The molecule has 0 aliphatic carbocycles. The van der Waals surface area contributed by atoms with Crippen LogP contribution in [0.15, 0.2) is 48.5 Å². The van der Waals surface area contributed by atoms with Crippen LogP contribution in [0.4, 0.5) is 10.5 Å². The third-order valence-electron chi connectivity index (χ3n) is 6.23. The number of amides is 3. The Hall–Kier alpha value is -3.57. The van der Waals surface area contributed by atoms with Crippen molar-refractivity contribution in [3.8, 4) is 11.1 Å². The van der Waals surface area contributed by atoms with Gasteiger partial charge in [-0.15, -0.1) is 0 Å². The molecule has 40 heavy (non-hydrogen) atoms. The van der Waals surface area contributed by atoms with E-state index in [1.807, 2.05) is 36.6 Å². The van der Waals surface area contributed by atoms with Crippen molar-refractivity contribution in [2.45, 2.75) is 57.4 Å². The lowest BCUT2D eigenvalue weighted by Gasteiger charge is -2.28. The van der Waals surface area contributed by atoms with Gasteiger partial charge in [-0.05, 0) is 68.5 Å². The van der Waals surface area contributed by atoms with Crippen molar-refractivity contribution >= 4 is 41.3 Å². The molecule has 0 radical (unpaired) electrons. The lowest BCUT2D eigenvalue weighted by atomic mass is 9.97. The molecule has 3 amide bonds. The predicted molar refractivity (Wildman–Crippen MR) is 154 cm³/mol. The number of esters is 1. The molecule has 1 aliphatic rings. The molecule has 0 bridgehead atoms. The van der Waals surface area contributed by atoms with Gasteiger partial charge in [-0.1, -0.05) is 30.3 Å². The molecule has 2 aromatic carbocycles. The van der Waals surface area contributed by atoms with Crippen molar-refractivity contribution in [1.29, 1.82) is 0 Å². The summed E-state index contributed by atoms with van der Waals surface area (Å²) in [6, 6.07) is 12.3. The average Bonchev–Trinajstić information content (AvgIpc) is 3.32. The van der Waals surface area contributed by atoms with Gasteiger partial charge in [0.2, 0.25) is 5.91 Å². The maximum atomic E-state index is 13.3. The largest absolute Gasteiger partial charge is 0.467 e. The minimum Gasteiger partial charge on any atom is -0.467 e. The fraction of sp³-hybridized carbons (Fsp3) is 0.448. The summed E-state index contributed by atoms with van der Waals surface area (Å²) < 4.78 is 10.3. The number of nitrogens with one attached hydrogen (secondary N) is 2. The number of aliphatic hydroxyl groups excluding tert-OH is 1. The molecule has 3 atom stereocenters. The Kier molecular flexibility index (Phi) is 10.6. The first-order valence-electron chi connectivity index (χ1n) is 13.0. The second-order valence-electron chi connectivity index (χ2n) is 10.5. The van der Waals surface area contributed by atoms with Crippen LogP contribution >= 0.6 is 11.8 Å². The van der Waals surface area contributed by atoms with Crippen molar-refractivity contribution < 1.29 is 33.8 Å². The van der Waals surface area contributed by atoms with Crippen molar-refractivity contribution in [3.05, 3.63) is 54.1 Å². The molecule has 3 rings (SSSR count). The molecule has 1 fully saturated rings. The van der Waals surface area contributed by atoms with Crippen molar-refractivity contribution in [3.63, 3.8) is 0 Å². The number of carbonyl (C=O) groups is 4. The molecule has 2 aromatic rings. The van der Waals surface area contributed by atoms with Crippen LogP contribution in [0.1, 0.15) is 44.0 Å². The Balaban J connectivity index is 1.87. The fourth-order valence-corrected chi connectivity index (χ4v) is 4.82. The maximum Gasteiger partial charge on any atom is 0.411 e. The van der Waals surface area contributed by atoms with Gasteiger partial charge in [0.15, 0.2) is 0 Å². The zero-order valence-corrected chi connectivity index (χ0v) is 24.2. The summed E-state index contributed by atoms with van der Waals surface area (Å²) in [7, 11) is 1.28. The SMILES string of the molecule is COC(=O)[C@H](CCSC)NC(=O)c1ccc(NC(=O)[C@H]2CC(O)CN2C(=O)OC(C)(C)C)cc1-c1ccccc1. The number of methoxy groups -OCH3 is 1. The van der Waals surface area contributed by atoms with Crippen LogP contribution in [0.2, 0.25) is 0 Å². The number of thioether (sulfide) groups is 1. The predicted octanol–water partition coefficient (Wildman–Crippen LogP) is 3.69. The highest BCUT2D eigenvalue weighted by Gasteiger charge is 2.41. The number of nitrogens with zero attached hydrogens (tertiary/aromatic N) is 1. The smallest absolute Gasteiger partial charge is 0.411 e. The number of hydrogen-bond acceptors (Lipinski definition) is 8. The first-order valence-corrected chi connectivity index (χ1v) is 14.4. The summed E-state index contributed by atoms with van der Waals surface area (Å²) in [6.07, 6.45) is 0.860. The van der Waals surface area contributed by atoms with Crippen LogP contribution in [0.25, 0.3) is 11.1 Å². The van der Waals surface area contributed by atoms with Crippen LogP contribution in [-0.2, 0) is 19.1 Å². The number of likely N-dealkylation sites (tertiary alicyclic amines) is 1. The molecule has 1 unspecified atom stereocenters. The normalized spacial score (nSPS) is 17.6. The monoisotopic (exact) mass is 571 g/mol. The standard InChI is InChI=1S/C29H37N3O7S/c1-29(2,3)39-28(37)32-17-20(33)16-24(32)26(35)30-19-11-12-21(22(15-19)18-9-7-6-8-10-18)25(34)31-23(13-14-40-5)27(36)38-4/h6-12,15,20,23-24,33H,13-14,16-17H2,1-5H3,(H,30,35)(H,31,34)/t20?,23-,24+/m0/s1. The highest BCUT2D eigenvalue weighted by atomic mass is 32.2. The number of carbonyl (C=O) groups excluding carboxylic acids is 4. The van der Waals surface area contributed by atoms with Gasteiger partial charge in [-0.3, -0.25) is 14.5 Å². The molecule has 0 aromatic heterocycles. The summed E-state index contributed by atoms with van der Waals surface area (Å²) in [6.45, 7) is 5.17. The Morgan fingerprint density at radius 3 is 2.45 bits per heavy atom. The highest BCUT2D eigenvalue weighted by Crippen LogP contribution is 2.29. The van der Waals surface area contributed by atoms with Gasteiger partial charge < -0.3 is 25.2 Å². The summed E-state index contributed by atoms with van der Waals surface area (Å²) in [4.78, 5) is 52.8. The molecule has 0 spiro atoms. The molecule has 1 saturated heterocycles. The summed E-state index contributed by atoms with van der Waals surface area (Å²) >= 11 is 1.56. The zero-order valence-electron chi connectivity index (χ0n) is 23.4. The molecular formula is C29H37N3O7S. The first-order chi connectivity index (χ1) is 18.9. The molecule has 216 valence electrons. The Morgan fingerprint density at radius 2 is 1.82 bits per heavy atom. The van der Waals surface area contributed by atoms with Gasteiger partial charge >= 0.3 is 12.1 Å². The van der Waals surface area contributed by atoms with Crippen molar-refractivity contribution in [2.24, 2.45) is 0 Å². The van der Waals surface area contributed by atoms with Gasteiger partial charge in [0.1, 0.15) is 17.7 Å². The Labute approximate surface area is 238 Å². The van der Waals surface area contributed by atoms with E-state index in [1.165, 1.54) is 12.0 Å². The minimum absolute atomic E-state index is 0.0146. The Morgan fingerprint density at radius 1 is 1.12 bits per heavy atom. The van der Waals surface area contributed by atoms with Crippen LogP contribution in [0.3, 0.4) is 0 Å². The molecule has 10 nitrogen and oxygen atoms in total. The van der Waals surface area contributed by atoms with E-state index in [1.54, 1.807) is 50.7 Å². The quantitative estimate of drug-likeness (QED) is 0.388. The van der Waals surface area contributed by atoms with Gasteiger partial charge in [-0.25, -0.2) is 9.59 Å². The number of β-amino-alcohol motifs (C(OH)–C–C–N with tert-alkyl or cyclic N) is 1. The molecule has 0 saturated carbocycles. The van der Waals surface area contributed by atoms with E-state index >= 15 is 0 Å². The van der Waals surface area contributed by atoms with Gasteiger partial charge in [0, 0.05) is 17.7 Å². The van der Waals surface area contributed by atoms with Crippen LogP contribution in [0, 0.1) is 0 Å². The molecular weight excluding hydrogens is 534 g/mol. The minimum atomic E-state index is -0.926. The van der Waals surface area contributed by atoms with Gasteiger partial charge in [0.25, 0.3) is 5.91 Å². The second kappa shape index (κ2) is 13.7. The van der Waals surface area contributed by atoms with E-state index in [0.29, 0.717) is 29.0 Å². The lowest BCUT2D eigenvalue weighted by Crippen LogP contribution is -2.45. The summed E-state index contributed by atoms with van der Waals surface area (Å²) in [5, 5.41) is 15.8. The summed E-state index contributed by atoms with van der Waals surface area (Å²) in [5.41, 5.74) is 1.23. The third kappa shape index (κ3) is 8.22. The first kappa shape index (κ1) is 31.0. The average molecular weight is 572 g/mol. The number of anilines is 1. The van der Waals surface area contributed by atoms with E-state index in [9.17, 15) is 24.3 Å².